The van der Waals surface area contributed by atoms with Gasteiger partial charge in [-0.1, -0.05) is 43.0 Å². The summed E-state index contributed by atoms with van der Waals surface area (Å²) in [4.78, 5) is 12.0. The number of fused-ring (bicyclic) bond motifs is 1. The quantitative estimate of drug-likeness (QED) is 0.856. The minimum absolute atomic E-state index is 0.263. The van der Waals surface area contributed by atoms with Gasteiger partial charge in [0.25, 0.3) is 0 Å². The first kappa shape index (κ1) is 13.8. The topological polar surface area (TPSA) is 59.8 Å². The predicted molar refractivity (Wildman–Crippen MR) is 75.5 cm³/mol. The summed E-state index contributed by atoms with van der Waals surface area (Å²) in [6.45, 7) is 2.81. The highest BCUT2D eigenvalue weighted by Gasteiger charge is 2.11. The largest absolute Gasteiger partial charge is 0.344 e. The van der Waals surface area contributed by atoms with Crippen LogP contribution in [0.15, 0.2) is 18.2 Å². The van der Waals surface area contributed by atoms with Crippen molar-refractivity contribution in [3.05, 3.63) is 23.2 Å². The van der Waals surface area contributed by atoms with Crippen molar-refractivity contribution in [2.75, 3.05) is 6.54 Å². The maximum Gasteiger partial charge on any atom is 0.344 e. The van der Waals surface area contributed by atoms with E-state index in [1.54, 1.807) is 18.2 Å². The third kappa shape index (κ3) is 3.44. The molecule has 0 spiro atoms. The Hall–Kier alpha value is -1.62. The van der Waals surface area contributed by atoms with E-state index in [4.69, 9.17) is 11.6 Å². The number of carbonyl (C=O) groups excluding carboxylic acids is 1. The molecule has 0 radical (unpaired) electrons. The zero-order chi connectivity index (χ0) is 13.7. The Bertz CT molecular complexity index is 567. The van der Waals surface area contributed by atoms with Crippen LogP contribution in [-0.2, 0) is 0 Å². The van der Waals surface area contributed by atoms with E-state index < -0.39 is 0 Å². The van der Waals surface area contributed by atoms with Crippen molar-refractivity contribution < 1.29 is 4.79 Å². The van der Waals surface area contributed by atoms with E-state index in [2.05, 4.69) is 22.6 Å². The molecule has 1 N–H and O–H groups in total. The van der Waals surface area contributed by atoms with Gasteiger partial charge in [0.1, 0.15) is 11.0 Å². The third-order valence-electron chi connectivity index (χ3n) is 2.91. The Kier molecular flexibility index (Phi) is 4.74. The number of benzene rings is 1. The molecule has 1 aromatic carbocycles. The average Bonchev–Trinajstić information content (AvgIpc) is 2.81. The fraction of sp³-hybridized carbons (Fsp3) is 0.462. The predicted octanol–water partition coefficient (Wildman–Crippen LogP) is 3.22. The number of halogens is 1. The molecule has 1 heterocycles. The first-order chi connectivity index (χ1) is 9.22. The number of hydrogen-bond acceptors (Lipinski definition) is 3. The summed E-state index contributed by atoms with van der Waals surface area (Å²) in [5, 5.41) is 11.2. The molecule has 19 heavy (non-hydrogen) atoms. The highest BCUT2D eigenvalue weighted by atomic mass is 35.5. The molecule has 2 rings (SSSR count). The lowest BCUT2D eigenvalue weighted by molar-refractivity contribution is 0.239. The minimum Gasteiger partial charge on any atom is -0.336 e. The second kappa shape index (κ2) is 6.52. The molecule has 0 aliphatic heterocycles. The maximum absolute atomic E-state index is 12.0. The summed E-state index contributed by atoms with van der Waals surface area (Å²) in [7, 11) is 0. The second-order valence-electron chi connectivity index (χ2n) is 4.43. The molecule has 1 amide bonds. The fourth-order valence-electron chi connectivity index (χ4n) is 1.86. The van der Waals surface area contributed by atoms with E-state index in [1.807, 2.05) is 0 Å². The van der Waals surface area contributed by atoms with Crippen LogP contribution in [0.3, 0.4) is 0 Å². The number of carbonyl (C=O) groups is 1. The van der Waals surface area contributed by atoms with Crippen LogP contribution in [-0.4, -0.2) is 27.6 Å². The lowest BCUT2D eigenvalue weighted by atomic mass is 10.2. The van der Waals surface area contributed by atoms with Crippen LogP contribution in [0.5, 0.6) is 0 Å². The molecular formula is C13H17ClN4O. The van der Waals surface area contributed by atoms with Crippen LogP contribution in [0.2, 0.25) is 5.02 Å². The van der Waals surface area contributed by atoms with Gasteiger partial charge in [-0.15, -0.1) is 5.10 Å². The van der Waals surface area contributed by atoms with Crippen molar-refractivity contribution in [3.63, 3.8) is 0 Å². The Morgan fingerprint density at radius 3 is 3.00 bits per heavy atom. The zero-order valence-electron chi connectivity index (χ0n) is 10.9. The maximum atomic E-state index is 12.0. The van der Waals surface area contributed by atoms with Crippen molar-refractivity contribution in [2.24, 2.45) is 0 Å². The van der Waals surface area contributed by atoms with E-state index in [0.717, 1.165) is 12.8 Å². The Morgan fingerprint density at radius 2 is 2.21 bits per heavy atom. The van der Waals surface area contributed by atoms with Gasteiger partial charge in [-0.05, 0) is 24.6 Å². The molecule has 0 unspecified atom stereocenters. The van der Waals surface area contributed by atoms with E-state index in [-0.39, 0.29) is 6.03 Å². The van der Waals surface area contributed by atoms with Crippen LogP contribution in [0, 0.1) is 0 Å². The second-order valence-corrected chi connectivity index (χ2v) is 4.86. The fourth-order valence-corrected chi connectivity index (χ4v) is 2.03. The molecule has 102 valence electrons. The highest BCUT2D eigenvalue weighted by Crippen LogP contribution is 2.16. The van der Waals surface area contributed by atoms with Gasteiger partial charge >= 0.3 is 6.03 Å². The van der Waals surface area contributed by atoms with E-state index in [1.165, 1.54) is 17.5 Å². The lowest BCUT2D eigenvalue weighted by Crippen LogP contribution is -2.30. The van der Waals surface area contributed by atoms with Crippen LogP contribution >= 0.6 is 11.6 Å². The Morgan fingerprint density at radius 1 is 1.37 bits per heavy atom. The molecular weight excluding hydrogens is 264 g/mol. The van der Waals surface area contributed by atoms with Gasteiger partial charge in [-0.2, -0.15) is 4.68 Å². The van der Waals surface area contributed by atoms with Crippen molar-refractivity contribution in [2.45, 2.75) is 32.6 Å². The molecule has 0 atom stereocenters. The highest BCUT2D eigenvalue weighted by molar-refractivity contribution is 6.31. The summed E-state index contributed by atoms with van der Waals surface area (Å²) >= 11 is 5.91. The number of nitrogens with zero attached hydrogens (tertiary/aromatic N) is 3. The van der Waals surface area contributed by atoms with Gasteiger partial charge in [0.15, 0.2) is 0 Å². The molecule has 0 aliphatic carbocycles. The zero-order valence-corrected chi connectivity index (χ0v) is 11.7. The molecule has 0 bridgehead atoms. The molecule has 6 heteroatoms. The molecule has 0 saturated carbocycles. The summed E-state index contributed by atoms with van der Waals surface area (Å²) in [6, 6.07) is 4.90. The standard InChI is InChI=1S/C13H17ClN4O/c1-2-3-4-5-8-15-13(19)18-12-9-10(14)6-7-11(12)16-17-18/h6-7,9H,2-5,8H2,1H3,(H,15,19). The monoisotopic (exact) mass is 280 g/mol. The van der Waals surface area contributed by atoms with E-state index in [9.17, 15) is 4.79 Å². The van der Waals surface area contributed by atoms with Gasteiger partial charge in [-0.3, -0.25) is 0 Å². The SMILES string of the molecule is CCCCCCNC(=O)n1nnc2ccc(Cl)cc21. The van der Waals surface area contributed by atoms with Gasteiger partial charge in [0.2, 0.25) is 0 Å². The van der Waals surface area contributed by atoms with Crippen molar-refractivity contribution in [1.29, 1.82) is 0 Å². The summed E-state index contributed by atoms with van der Waals surface area (Å²) in [6.07, 6.45) is 4.48. The normalized spacial score (nSPS) is 10.8. The first-order valence-corrected chi connectivity index (χ1v) is 6.89. The van der Waals surface area contributed by atoms with Crippen molar-refractivity contribution >= 4 is 28.7 Å². The summed E-state index contributed by atoms with van der Waals surface area (Å²) in [5.74, 6) is 0. The molecule has 0 saturated heterocycles. The van der Waals surface area contributed by atoms with Crippen LogP contribution < -0.4 is 5.32 Å². The number of unbranched alkanes of at least 4 members (excludes halogenated alkanes) is 3. The molecule has 0 fully saturated rings. The van der Waals surface area contributed by atoms with E-state index in [0.29, 0.717) is 22.6 Å². The number of aromatic nitrogens is 3. The first-order valence-electron chi connectivity index (χ1n) is 6.51. The lowest BCUT2D eigenvalue weighted by Gasteiger charge is -2.04. The number of hydrogen-bond donors (Lipinski definition) is 1. The number of amides is 1. The summed E-state index contributed by atoms with van der Waals surface area (Å²) < 4.78 is 1.25. The average molecular weight is 281 g/mol. The molecule has 1 aromatic heterocycles. The Balaban J connectivity index is 1.99. The van der Waals surface area contributed by atoms with Gasteiger partial charge in [-0.25, -0.2) is 4.79 Å². The van der Waals surface area contributed by atoms with Crippen LogP contribution in [0.1, 0.15) is 32.6 Å². The van der Waals surface area contributed by atoms with Gasteiger partial charge in [0, 0.05) is 11.6 Å². The smallest absolute Gasteiger partial charge is 0.336 e. The number of nitrogens with one attached hydrogen (secondary N) is 1. The minimum atomic E-state index is -0.263. The summed E-state index contributed by atoms with van der Waals surface area (Å²) in [5.41, 5.74) is 1.28. The molecule has 2 aromatic rings. The van der Waals surface area contributed by atoms with Crippen LogP contribution in [0.4, 0.5) is 4.79 Å². The Labute approximate surface area is 116 Å². The number of rotatable bonds is 5. The molecule has 0 aliphatic rings. The van der Waals surface area contributed by atoms with E-state index >= 15 is 0 Å². The van der Waals surface area contributed by atoms with Gasteiger partial charge in [0.05, 0.1) is 0 Å². The third-order valence-corrected chi connectivity index (χ3v) is 3.14. The molecule has 5 nitrogen and oxygen atoms in total. The van der Waals surface area contributed by atoms with Crippen molar-refractivity contribution in [3.8, 4) is 0 Å². The van der Waals surface area contributed by atoms with Crippen molar-refractivity contribution in [1.82, 2.24) is 20.3 Å². The van der Waals surface area contributed by atoms with Gasteiger partial charge < -0.3 is 5.32 Å². The van der Waals surface area contributed by atoms with Crippen LogP contribution in [0.25, 0.3) is 11.0 Å².